The van der Waals surface area contributed by atoms with Crippen LogP contribution in [-0.4, -0.2) is 10.8 Å². The zero-order chi connectivity index (χ0) is 17.1. The van der Waals surface area contributed by atoms with Gasteiger partial charge in [0.15, 0.2) is 5.78 Å². The van der Waals surface area contributed by atoms with Gasteiger partial charge in [0.1, 0.15) is 0 Å². The Bertz CT molecular complexity index is 874. The van der Waals surface area contributed by atoms with E-state index in [1.165, 1.54) is 41.0 Å². The van der Waals surface area contributed by atoms with E-state index in [9.17, 15) is 4.79 Å². The van der Waals surface area contributed by atoms with Gasteiger partial charge in [-0.05, 0) is 36.7 Å². The Kier molecular flexibility index (Phi) is 3.34. The smallest absolute Gasteiger partial charge is 0.160 e. The van der Waals surface area contributed by atoms with Crippen molar-refractivity contribution in [2.24, 2.45) is 5.41 Å². The molecule has 3 aliphatic carbocycles. The van der Waals surface area contributed by atoms with Crippen molar-refractivity contribution in [1.29, 1.82) is 0 Å². The predicted octanol–water partition coefficient (Wildman–Crippen LogP) is 5.23. The zero-order valence-electron chi connectivity index (χ0n) is 14.7. The third-order valence-corrected chi connectivity index (χ3v) is 7.83. The molecule has 3 aliphatic rings. The number of hydrogen-bond acceptors (Lipinski definition) is 3. The van der Waals surface area contributed by atoms with Crippen LogP contribution < -0.4 is 0 Å². The average Bonchev–Trinajstić information content (AvgIpc) is 3.07. The molecule has 0 aliphatic heterocycles. The lowest BCUT2D eigenvalue weighted by molar-refractivity contribution is -0.121. The largest absolute Gasteiger partial charge is 0.294 e. The minimum Gasteiger partial charge on any atom is -0.294 e. The fourth-order valence-corrected chi connectivity index (χ4v) is 6.66. The lowest BCUT2D eigenvalue weighted by Gasteiger charge is -2.50. The number of thiazole rings is 1. The van der Waals surface area contributed by atoms with Crippen molar-refractivity contribution < 1.29 is 4.79 Å². The highest BCUT2D eigenvalue weighted by atomic mass is 32.1. The van der Waals surface area contributed by atoms with Crippen molar-refractivity contribution in [3.05, 3.63) is 63.1 Å². The van der Waals surface area contributed by atoms with Gasteiger partial charge >= 0.3 is 0 Å². The van der Waals surface area contributed by atoms with Crippen LogP contribution in [0.2, 0.25) is 0 Å². The first-order chi connectivity index (χ1) is 12.2. The Morgan fingerprint density at radius 3 is 2.64 bits per heavy atom. The molecule has 5 rings (SSSR count). The van der Waals surface area contributed by atoms with Gasteiger partial charge in [0.05, 0.1) is 16.6 Å². The van der Waals surface area contributed by atoms with Gasteiger partial charge < -0.3 is 0 Å². The van der Waals surface area contributed by atoms with Crippen molar-refractivity contribution in [3.63, 3.8) is 0 Å². The maximum absolute atomic E-state index is 13.4. The number of allylic oxidation sites excluding steroid dienone is 2. The van der Waals surface area contributed by atoms with Crippen LogP contribution in [0.3, 0.4) is 0 Å². The number of nitrogens with zero attached hydrogens (tertiary/aromatic N) is 1. The maximum Gasteiger partial charge on any atom is 0.160 e. The summed E-state index contributed by atoms with van der Waals surface area (Å²) in [7, 11) is 0. The molecule has 1 saturated carbocycles. The quantitative estimate of drug-likeness (QED) is 0.743. The summed E-state index contributed by atoms with van der Waals surface area (Å²) in [5.41, 5.74) is 6.94. The number of carbonyl (C=O) groups excluding carboxylic acids is 1. The Labute approximate surface area is 153 Å². The zero-order valence-corrected chi connectivity index (χ0v) is 15.5. The summed E-state index contributed by atoms with van der Waals surface area (Å²) in [5.74, 6) is 0.408. The minimum atomic E-state index is -0.284. The molecule has 0 bridgehead atoms. The summed E-state index contributed by atoms with van der Waals surface area (Å²) >= 11 is 1.73. The van der Waals surface area contributed by atoms with Gasteiger partial charge in [-0.15, -0.1) is 11.3 Å². The normalized spacial score (nSPS) is 27.0. The van der Waals surface area contributed by atoms with Gasteiger partial charge in [-0.25, -0.2) is 4.98 Å². The van der Waals surface area contributed by atoms with Crippen LogP contribution in [-0.2, 0) is 16.6 Å². The molecular weight excluding hydrogens is 326 g/mol. The number of hydrogen-bond donors (Lipinski definition) is 0. The van der Waals surface area contributed by atoms with Crippen molar-refractivity contribution in [1.82, 2.24) is 4.98 Å². The van der Waals surface area contributed by atoms with E-state index >= 15 is 0 Å². The summed E-state index contributed by atoms with van der Waals surface area (Å²) in [6.45, 7) is 2.23. The van der Waals surface area contributed by atoms with E-state index in [0.29, 0.717) is 5.78 Å². The second-order valence-corrected chi connectivity index (χ2v) is 8.89. The lowest BCUT2D eigenvalue weighted by atomic mass is 9.53. The van der Waals surface area contributed by atoms with Gasteiger partial charge in [-0.2, -0.15) is 0 Å². The van der Waals surface area contributed by atoms with E-state index < -0.39 is 0 Å². The van der Waals surface area contributed by atoms with Crippen LogP contribution in [0.5, 0.6) is 0 Å². The molecule has 1 heterocycles. The number of rotatable bonds is 2. The van der Waals surface area contributed by atoms with E-state index in [2.05, 4.69) is 37.3 Å². The Balaban J connectivity index is 1.77. The molecule has 0 saturated heterocycles. The van der Waals surface area contributed by atoms with Gasteiger partial charge in [0, 0.05) is 23.3 Å². The standard InChI is InChI=1S/C22H23NOS/c1-2-22(16-7-4-3-5-8-16)19-15(11-17-20(22)25-14-23-17)12-21(9-6-10-21)13-18(19)24/h3-5,7-8,14H,2,6,9-13H2,1H3. The number of aromatic nitrogens is 1. The second-order valence-electron chi connectivity index (χ2n) is 8.04. The third-order valence-electron chi connectivity index (χ3n) is 6.80. The van der Waals surface area contributed by atoms with Crippen molar-refractivity contribution in [3.8, 4) is 0 Å². The van der Waals surface area contributed by atoms with Gasteiger partial charge in [-0.3, -0.25) is 4.79 Å². The fourth-order valence-electron chi connectivity index (χ4n) is 5.55. The molecule has 2 nitrogen and oxygen atoms in total. The fraction of sp³-hybridized carbons (Fsp3) is 0.455. The lowest BCUT2D eigenvalue weighted by Crippen LogP contribution is -2.45. The molecule has 25 heavy (non-hydrogen) atoms. The van der Waals surface area contributed by atoms with Gasteiger partial charge in [0.25, 0.3) is 0 Å². The van der Waals surface area contributed by atoms with E-state index in [4.69, 9.17) is 4.98 Å². The van der Waals surface area contributed by atoms with Gasteiger partial charge in [0.2, 0.25) is 0 Å². The molecule has 1 unspecified atom stereocenters. The molecule has 3 heteroatoms. The molecule has 128 valence electrons. The van der Waals surface area contributed by atoms with E-state index in [1.807, 2.05) is 5.51 Å². The molecule has 0 N–H and O–H groups in total. The number of ketones is 1. The highest BCUT2D eigenvalue weighted by Gasteiger charge is 2.52. The maximum atomic E-state index is 13.4. The molecule has 2 aromatic rings. The Morgan fingerprint density at radius 1 is 1.16 bits per heavy atom. The molecule has 1 aromatic carbocycles. The first kappa shape index (κ1) is 15.5. The average molecular weight is 349 g/mol. The van der Waals surface area contributed by atoms with Crippen molar-refractivity contribution in [2.45, 2.75) is 57.3 Å². The number of Topliss-reactive ketones (excluding diaryl/α,β-unsaturated/α-hetero) is 1. The van der Waals surface area contributed by atoms with E-state index in [-0.39, 0.29) is 10.8 Å². The molecule has 0 radical (unpaired) electrons. The summed E-state index contributed by atoms with van der Waals surface area (Å²) in [4.78, 5) is 19.5. The number of carbonyl (C=O) groups is 1. The molecule has 1 atom stereocenters. The highest BCUT2D eigenvalue weighted by molar-refractivity contribution is 7.10. The van der Waals surface area contributed by atoms with Crippen LogP contribution in [0, 0.1) is 5.41 Å². The Morgan fingerprint density at radius 2 is 1.96 bits per heavy atom. The van der Waals surface area contributed by atoms with Crippen LogP contribution in [0.1, 0.15) is 61.6 Å². The SMILES string of the molecule is CCC1(c2ccccc2)C2=C(Cc3ncsc31)CC1(CCC1)CC2=O. The summed E-state index contributed by atoms with van der Waals surface area (Å²) in [6.07, 6.45) is 7.41. The molecular formula is C22H23NOS. The first-order valence-electron chi connectivity index (χ1n) is 9.43. The van der Waals surface area contributed by atoms with Crippen LogP contribution >= 0.6 is 11.3 Å². The predicted molar refractivity (Wildman–Crippen MR) is 101 cm³/mol. The van der Waals surface area contributed by atoms with E-state index in [0.717, 1.165) is 31.3 Å². The van der Waals surface area contributed by atoms with Crippen LogP contribution in [0.4, 0.5) is 0 Å². The minimum absolute atomic E-state index is 0.277. The second kappa shape index (κ2) is 5.38. The summed E-state index contributed by atoms with van der Waals surface area (Å²) in [5, 5.41) is 0. The van der Waals surface area contributed by atoms with Crippen molar-refractivity contribution >= 4 is 17.1 Å². The number of benzene rings is 1. The first-order valence-corrected chi connectivity index (χ1v) is 10.3. The Hall–Kier alpha value is -1.74. The number of fused-ring (bicyclic) bond motifs is 1. The summed E-state index contributed by atoms with van der Waals surface area (Å²) < 4.78 is 0. The monoisotopic (exact) mass is 349 g/mol. The van der Waals surface area contributed by atoms with E-state index in [1.54, 1.807) is 11.3 Å². The molecule has 1 aromatic heterocycles. The summed E-state index contributed by atoms with van der Waals surface area (Å²) in [6, 6.07) is 10.7. The van der Waals surface area contributed by atoms with Crippen molar-refractivity contribution in [2.75, 3.05) is 0 Å². The molecule has 1 fully saturated rings. The topological polar surface area (TPSA) is 30.0 Å². The van der Waals surface area contributed by atoms with Crippen LogP contribution in [0.25, 0.3) is 0 Å². The van der Waals surface area contributed by atoms with Gasteiger partial charge in [-0.1, -0.05) is 49.2 Å². The molecule has 0 amide bonds. The highest BCUT2D eigenvalue weighted by Crippen LogP contribution is 2.59. The third kappa shape index (κ3) is 2.02. The molecule has 1 spiro atoms. The van der Waals surface area contributed by atoms with Crippen LogP contribution in [0.15, 0.2) is 47.0 Å².